The normalized spacial score (nSPS) is 8.42. The maximum Gasteiger partial charge on any atom is 0.193 e. The fourth-order valence-corrected chi connectivity index (χ4v) is 0.911. The van der Waals surface area contributed by atoms with Gasteiger partial charge in [0.15, 0.2) is 6.29 Å². The Kier molecular flexibility index (Phi) is 2.73. The highest BCUT2D eigenvalue weighted by Crippen LogP contribution is 2.17. The van der Waals surface area contributed by atoms with Crippen molar-refractivity contribution in [2.75, 3.05) is 5.73 Å². The fourth-order valence-electron chi connectivity index (χ4n) is 0.746. The first kappa shape index (κ1) is 8.63. The Bertz CT molecular complexity index is 363. The highest BCUT2D eigenvalue weighted by atomic mass is 35.5. The number of nitrogens with two attached hydrogens (primary N) is 1. The van der Waals surface area contributed by atoms with Crippen molar-refractivity contribution < 1.29 is 4.79 Å². The van der Waals surface area contributed by atoms with E-state index in [-0.39, 0.29) is 0 Å². The number of halogens is 1. The maximum atomic E-state index is 9.93. The Labute approximate surface area is 75.3 Å². The monoisotopic (exact) mass is 179 g/mol. The standard InChI is InChI=1S/C9H6ClNO/c10-9-4-3-8(11)6-7(9)2-1-5-12/h3-6H,11H2. The molecule has 0 saturated heterocycles. The third-order valence-corrected chi connectivity index (χ3v) is 1.59. The molecule has 0 atom stereocenters. The van der Waals surface area contributed by atoms with Crippen LogP contribution < -0.4 is 5.73 Å². The van der Waals surface area contributed by atoms with Crippen molar-refractivity contribution in [2.45, 2.75) is 0 Å². The number of carbonyl (C=O) groups is 1. The van der Waals surface area contributed by atoms with E-state index < -0.39 is 0 Å². The van der Waals surface area contributed by atoms with Crippen molar-refractivity contribution >= 4 is 23.6 Å². The second kappa shape index (κ2) is 3.80. The van der Waals surface area contributed by atoms with Crippen molar-refractivity contribution in [3.8, 4) is 11.8 Å². The third kappa shape index (κ3) is 2.01. The first-order chi connectivity index (χ1) is 5.74. The minimum atomic E-state index is 0.499. The second-order valence-corrected chi connectivity index (χ2v) is 2.53. The Morgan fingerprint density at radius 1 is 1.50 bits per heavy atom. The van der Waals surface area contributed by atoms with Gasteiger partial charge in [-0.1, -0.05) is 17.5 Å². The molecule has 60 valence electrons. The first-order valence-electron chi connectivity index (χ1n) is 3.24. The minimum Gasteiger partial charge on any atom is -0.399 e. The molecule has 12 heavy (non-hydrogen) atoms. The van der Waals surface area contributed by atoms with Gasteiger partial charge in [-0.05, 0) is 24.1 Å². The summed E-state index contributed by atoms with van der Waals surface area (Å²) in [5, 5.41) is 0.499. The lowest BCUT2D eigenvalue weighted by Crippen LogP contribution is -1.86. The van der Waals surface area contributed by atoms with Crippen LogP contribution in [0, 0.1) is 11.8 Å². The highest BCUT2D eigenvalue weighted by molar-refractivity contribution is 6.31. The lowest BCUT2D eigenvalue weighted by Gasteiger charge is -1.96. The van der Waals surface area contributed by atoms with Gasteiger partial charge >= 0.3 is 0 Å². The van der Waals surface area contributed by atoms with E-state index in [1.54, 1.807) is 18.2 Å². The molecule has 0 saturated carbocycles. The zero-order chi connectivity index (χ0) is 8.97. The highest BCUT2D eigenvalue weighted by Gasteiger charge is 1.95. The number of anilines is 1. The van der Waals surface area contributed by atoms with Crippen LogP contribution in [0.25, 0.3) is 0 Å². The van der Waals surface area contributed by atoms with Gasteiger partial charge in [-0.15, -0.1) is 0 Å². The second-order valence-electron chi connectivity index (χ2n) is 2.13. The number of benzene rings is 1. The van der Waals surface area contributed by atoms with Gasteiger partial charge in [0.05, 0.1) is 5.02 Å². The predicted molar refractivity (Wildman–Crippen MR) is 48.8 cm³/mol. The molecule has 0 amide bonds. The number of rotatable bonds is 0. The van der Waals surface area contributed by atoms with E-state index >= 15 is 0 Å². The van der Waals surface area contributed by atoms with Crippen molar-refractivity contribution in [3.63, 3.8) is 0 Å². The summed E-state index contributed by atoms with van der Waals surface area (Å²) in [7, 11) is 0. The van der Waals surface area contributed by atoms with Gasteiger partial charge in [-0.25, -0.2) is 0 Å². The van der Waals surface area contributed by atoms with Crippen molar-refractivity contribution in [2.24, 2.45) is 0 Å². The van der Waals surface area contributed by atoms with Gasteiger partial charge in [0.2, 0.25) is 0 Å². The Hall–Kier alpha value is -1.46. The third-order valence-electron chi connectivity index (χ3n) is 1.26. The summed E-state index contributed by atoms with van der Waals surface area (Å²) in [6.45, 7) is 0. The molecule has 0 spiro atoms. The van der Waals surface area contributed by atoms with Crippen molar-refractivity contribution in [3.05, 3.63) is 28.8 Å². The summed E-state index contributed by atoms with van der Waals surface area (Å²) in [5.74, 6) is 4.84. The van der Waals surface area contributed by atoms with Gasteiger partial charge in [0.1, 0.15) is 0 Å². The summed E-state index contributed by atoms with van der Waals surface area (Å²) in [4.78, 5) is 9.93. The molecule has 3 heteroatoms. The van der Waals surface area contributed by atoms with E-state index in [1.165, 1.54) is 0 Å². The van der Waals surface area contributed by atoms with Crippen molar-refractivity contribution in [1.82, 2.24) is 0 Å². The lowest BCUT2D eigenvalue weighted by molar-refractivity contribution is -0.103. The zero-order valence-corrected chi connectivity index (χ0v) is 6.93. The SMILES string of the molecule is Nc1ccc(Cl)c(C#CC=O)c1. The molecule has 0 bridgehead atoms. The van der Waals surface area contributed by atoms with E-state index in [1.807, 2.05) is 0 Å². The largest absolute Gasteiger partial charge is 0.399 e. The number of hydrogen-bond acceptors (Lipinski definition) is 2. The Morgan fingerprint density at radius 3 is 2.92 bits per heavy atom. The van der Waals surface area contributed by atoms with Crippen LogP contribution in [0.1, 0.15) is 5.56 Å². The molecule has 0 heterocycles. The molecule has 0 aliphatic heterocycles. The van der Waals surface area contributed by atoms with E-state index in [0.29, 0.717) is 22.6 Å². The Morgan fingerprint density at radius 2 is 2.25 bits per heavy atom. The fraction of sp³-hybridized carbons (Fsp3) is 0. The quantitative estimate of drug-likeness (QED) is 0.372. The average Bonchev–Trinajstić information content (AvgIpc) is 2.07. The molecule has 0 radical (unpaired) electrons. The van der Waals surface area contributed by atoms with Crippen LogP contribution in [0.4, 0.5) is 5.69 Å². The molecule has 2 N–H and O–H groups in total. The van der Waals surface area contributed by atoms with Crippen LogP contribution in [-0.4, -0.2) is 6.29 Å². The van der Waals surface area contributed by atoms with Crippen LogP contribution in [0.15, 0.2) is 18.2 Å². The predicted octanol–water partition coefficient (Wildman–Crippen LogP) is 1.47. The van der Waals surface area contributed by atoms with Gasteiger partial charge in [0.25, 0.3) is 0 Å². The molecule has 0 aliphatic carbocycles. The van der Waals surface area contributed by atoms with Crippen molar-refractivity contribution in [1.29, 1.82) is 0 Å². The topological polar surface area (TPSA) is 43.1 Å². The van der Waals surface area contributed by atoms with Crippen LogP contribution in [0.3, 0.4) is 0 Å². The minimum absolute atomic E-state index is 0.499. The summed E-state index contributed by atoms with van der Waals surface area (Å²) >= 11 is 5.76. The lowest BCUT2D eigenvalue weighted by atomic mass is 10.2. The number of hydrogen-bond donors (Lipinski definition) is 1. The summed E-state index contributed by atoms with van der Waals surface area (Å²) in [6, 6.07) is 4.94. The number of carbonyl (C=O) groups excluding carboxylic acids is 1. The van der Waals surface area contributed by atoms with E-state index in [9.17, 15) is 4.79 Å². The van der Waals surface area contributed by atoms with Crippen LogP contribution in [0.5, 0.6) is 0 Å². The summed E-state index contributed by atoms with van der Waals surface area (Å²) in [5.41, 5.74) is 6.64. The number of aldehydes is 1. The molecule has 1 aromatic rings. The van der Waals surface area contributed by atoms with Crippen LogP contribution in [0.2, 0.25) is 5.02 Å². The molecule has 2 nitrogen and oxygen atoms in total. The van der Waals surface area contributed by atoms with E-state index in [2.05, 4.69) is 11.8 Å². The zero-order valence-electron chi connectivity index (χ0n) is 6.17. The molecule has 0 aliphatic rings. The first-order valence-corrected chi connectivity index (χ1v) is 3.62. The Balaban J connectivity index is 3.13. The molecule has 1 rings (SSSR count). The molecule has 1 aromatic carbocycles. The van der Waals surface area contributed by atoms with Crippen LogP contribution >= 0.6 is 11.6 Å². The molecule has 0 aromatic heterocycles. The summed E-state index contributed by atoms with van der Waals surface area (Å²) in [6.07, 6.45) is 0.513. The van der Waals surface area contributed by atoms with Gasteiger partial charge in [-0.2, -0.15) is 0 Å². The van der Waals surface area contributed by atoms with Gasteiger partial charge in [0, 0.05) is 11.3 Å². The van der Waals surface area contributed by atoms with Crippen LogP contribution in [-0.2, 0) is 4.79 Å². The molecule has 0 fully saturated rings. The van der Waals surface area contributed by atoms with Gasteiger partial charge < -0.3 is 5.73 Å². The van der Waals surface area contributed by atoms with Gasteiger partial charge in [-0.3, -0.25) is 4.79 Å². The maximum absolute atomic E-state index is 9.93. The smallest absolute Gasteiger partial charge is 0.193 e. The average molecular weight is 180 g/mol. The molecular formula is C9H6ClNO. The molecular weight excluding hydrogens is 174 g/mol. The summed E-state index contributed by atoms with van der Waals surface area (Å²) < 4.78 is 0. The molecule has 0 unspecified atom stereocenters. The number of nitrogen functional groups attached to an aromatic ring is 1. The van der Waals surface area contributed by atoms with E-state index in [4.69, 9.17) is 17.3 Å². The van der Waals surface area contributed by atoms with E-state index in [0.717, 1.165) is 0 Å².